The molecule has 32 heavy (non-hydrogen) atoms. The Morgan fingerprint density at radius 2 is 1.97 bits per heavy atom. The van der Waals surface area contributed by atoms with Crippen LogP contribution in [0, 0.1) is 5.92 Å². The van der Waals surface area contributed by atoms with E-state index in [-0.39, 0.29) is 11.5 Å². The fourth-order valence-electron chi connectivity index (χ4n) is 5.88. The van der Waals surface area contributed by atoms with E-state index in [0.717, 1.165) is 53.8 Å². The first-order valence-electron chi connectivity index (χ1n) is 12.2. The maximum atomic E-state index is 11.8. The molecule has 3 nitrogen and oxygen atoms in total. The van der Waals surface area contributed by atoms with Gasteiger partial charge in [0, 0.05) is 33.9 Å². The van der Waals surface area contributed by atoms with Crippen LogP contribution in [0.3, 0.4) is 0 Å². The molecule has 0 bridgehead atoms. The Balaban J connectivity index is 1.72. The van der Waals surface area contributed by atoms with E-state index < -0.39 is 0 Å². The summed E-state index contributed by atoms with van der Waals surface area (Å²) in [7, 11) is 0. The molecule has 2 atom stereocenters. The summed E-state index contributed by atoms with van der Waals surface area (Å²) in [4.78, 5) is 3.57. The second kappa shape index (κ2) is 8.03. The van der Waals surface area contributed by atoms with Crippen LogP contribution in [0.25, 0.3) is 22.2 Å². The standard InChI is InChI=1S/C29H35NO2/c1-5-6-7-11-20-17-25-27(21-15-18(2)13-14-22(21)29(3,4)32-25)28(31)26(20)24-16-19-10-8-9-12-23(19)30-24/h8-10,12,15-17,21-22,30-31H,5-7,11,13-14H2,1-4H3. The SMILES string of the molecule is CCCCCc1cc2c(c(O)c1-c1cc3ccccc3[nH]1)C1C=C(C)CCC1C(C)(C)O2. The maximum Gasteiger partial charge on any atom is 0.132 e. The van der Waals surface area contributed by atoms with Gasteiger partial charge in [-0.25, -0.2) is 0 Å². The molecule has 0 radical (unpaired) electrons. The summed E-state index contributed by atoms with van der Waals surface area (Å²) in [6.45, 7) is 8.86. The van der Waals surface area contributed by atoms with Crippen molar-refractivity contribution in [2.45, 2.75) is 77.7 Å². The topological polar surface area (TPSA) is 45.2 Å². The lowest BCUT2D eigenvalue weighted by atomic mass is 9.67. The lowest BCUT2D eigenvalue weighted by Gasteiger charge is -2.46. The predicted octanol–water partition coefficient (Wildman–Crippen LogP) is 7.88. The molecule has 0 saturated heterocycles. The summed E-state index contributed by atoms with van der Waals surface area (Å²) in [6.07, 6.45) is 8.98. The van der Waals surface area contributed by atoms with Crippen LogP contribution in [0.2, 0.25) is 0 Å². The Labute approximate surface area is 191 Å². The number of benzene rings is 2. The van der Waals surface area contributed by atoms with Gasteiger partial charge in [0.15, 0.2) is 0 Å². The third kappa shape index (κ3) is 3.52. The van der Waals surface area contributed by atoms with Crippen LogP contribution in [0.15, 0.2) is 48.0 Å². The normalized spacial score (nSPS) is 21.6. The van der Waals surface area contributed by atoms with E-state index in [0.29, 0.717) is 11.7 Å². The lowest BCUT2D eigenvalue weighted by Crippen LogP contribution is -2.45. The van der Waals surface area contributed by atoms with Gasteiger partial charge < -0.3 is 14.8 Å². The average Bonchev–Trinajstić information content (AvgIpc) is 3.16. The number of aromatic amines is 1. The van der Waals surface area contributed by atoms with Gasteiger partial charge in [0.1, 0.15) is 17.1 Å². The lowest BCUT2D eigenvalue weighted by molar-refractivity contribution is 0.0108. The van der Waals surface area contributed by atoms with Gasteiger partial charge in [-0.15, -0.1) is 0 Å². The number of nitrogens with one attached hydrogen (secondary N) is 1. The van der Waals surface area contributed by atoms with Crippen molar-refractivity contribution < 1.29 is 9.84 Å². The van der Waals surface area contributed by atoms with E-state index in [1.807, 2.05) is 6.07 Å². The summed E-state index contributed by atoms with van der Waals surface area (Å²) in [5, 5.41) is 13.0. The zero-order valence-electron chi connectivity index (χ0n) is 19.8. The Hall–Kier alpha value is -2.68. The minimum atomic E-state index is -0.245. The van der Waals surface area contributed by atoms with E-state index in [9.17, 15) is 5.11 Å². The van der Waals surface area contributed by atoms with Crippen LogP contribution in [0.5, 0.6) is 11.5 Å². The van der Waals surface area contributed by atoms with E-state index >= 15 is 0 Å². The number of phenols is 1. The Bertz CT molecular complexity index is 1150. The van der Waals surface area contributed by atoms with Crippen molar-refractivity contribution >= 4 is 10.9 Å². The number of aromatic nitrogens is 1. The molecule has 2 aliphatic rings. The Kier molecular flexibility index (Phi) is 5.31. The van der Waals surface area contributed by atoms with Crippen molar-refractivity contribution in [1.29, 1.82) is 0 Å². The largest absolute Gasteiger partial charge is 0.507 e. The number of H-pyrrole nitrogens is 1. The molecule has 2 aromatic carbocycles. The Morgan fingerprint density at radius 3 is 2.75 bits per heavy atom. The highest BCUT2D eigenvalue weighted by Gasteiger charge is 2.46. The molecule has 2 N–H and O–H groups in total. The fraction of sp³-hybridized carbons (Fsp3) is 0.448. The number of hydrogen-bond acceptors (Lipinski definition) is 2. The van der Waals surface area contributed by atoms with Gasteiger partial charge in [-0.3, -0.25) is 0 Å². The number of fused-ring (bicyclic) bond motifs is 4. The summed E-state index contributed by atoms with van der Waals surface area (Å²) < 4.78 is 6.60. The van der Waals surface area contributed by atoms with Gasteiger partial charge in [-0.1, -0.05) is 49.6 Å². The van der Waals surface area contributed by atoms with Crippen LogP contribution >= 0.6 is 0 Å². The molecule has 2 heterocycles. The highest BCUT2D eigenvalue weighted by Crippen LogP contribution is 2.56. The molecule has 168 valence electrons. The molecule has 2 unspecified atom stereocenters. The number of ether oxygens (including phenoxy) is 1. The number of unbranched alkanes of at least 4 members (excludes halogenated alkanes) is 2. The number of para-hydroxylation sites is 1. The van der Waals surface area contributed by atoms with Gasteiger partial charge >= 0.3 is 0 Å². The third-order valence-electron chi connectivity index (χ3n) is 7.58. The van der Waals surface area contributed by atoms with Crippen LogP contribution in [-0.4, -0.2) is 15.7 Å². The molecule has 3 aromatic rings. The number of rotatable bonds is 5. The number of hydrogen-bond donors (Lipinski definition) is 2. The minimum Gasteiger partial charge on any atom is -0.507 e. The van der Waals surface area contributed by atoms with E-state index in [2.05, 4.69) is 69.1 Å². The zero-order chi connectivity index (χ0) is 22.5. The summed E-state index contributed by atoms with van der Waals surface area (Å²) in [5.74, 6) is 1.82. The smallest absolute Gasteiger partial charge is 0.132 e. The second-order valence-corrected chi connectivity index (χ2v) is 10.3. The first kappa shape index (κ1) is 21.2. The first-order valence-corrected chi connectivity index (χ1v) is 12.2. The van der Waals surface area contributed by atoms with Crippen LogP contribution in [0.4, 0.5) is 0 Å². The second-order valence-electron chi connectivity index (χ2n) is 10.3. The van der Waals surface area contributed by atoms with Gasteiger partial charge in [-0.2, -0.15) is 0 Å². The van der Waals surface area contributed by atoms with Gasteiger partial charge in [0.05, 0.1) is 5.69 Å². The molecular formula is C29H35NO2. The average molecular weight is 430 g/mol. The summed E-state index contributed by atoms with van der Waals surface area (Å²) in [5.41, 5.74) is 6.36. The monoisotopic (exact) mass is 429 g/mol. The van der Waals surface area contributed by atoms with Crippen molar-refractivity contribution in [3.05, 3.63) is 59.2 Å². The fourth-order valence-corrected chi connectivity index (χ4v) is 5.88. The van der Waals surface area contributed by atoms with Gasteiger partial charge in [0.25, 0.3) is 0 Å². The van der Waals surface area contributed by atoms with Crippen LogP contribution < -0.4 is 4.74 Å². The van der Waals surface area contributed by atoms with Crippen molar-refractivity contribution in [1.82, 2.24) is 4.98 Å². The zero-order valence-corrected chi connectivity index (χ0v) is 19.8. The van der Waals surface area contributed by atoms with Gasteiger partial charge in [0.2, 0.25) is 0 Å². The first-order chi connectivity index (χ1) is 15.4. The van der Waals surface area contributed by atoms with Crippen molar-refractivity contribution in [2.75, 3.05) is 0 Å². The van der Waals surface area contributed by atoms with Crippen molar-refractivity contribution in [3.8, 4) is 22.8 Å². The molecule has 0 amide bonds. The van der Waals surface area contributed by atoms with Crippen molar-refractivity contribution in [2.24, 2.45) is 5.92 Å². The van der Waals surface area contributed by atoms with Crippen molar-refractivity contribution in [3.63, 3.8) is 0 Å². The predicted molar refractivity (Wildman–Crippen MR) is 133 cm³/mol. The number of allylic oxidation sites excluding steroid dienone is 2. The number of aromatic hydroxyl groups is 1. The van der Waals surface area contributed by atoms with Crippen LogP contribution in [-0.2, 0) is 6.42 Å². The Morgan fingerprint density at radius 1 is 1.16 bits per heavy atom. The molecule has 0 saturated carbocycles. The number of phenolic OH excluding ortho intramolecular Hbond substituents is 1. The highest BCUT2D eigenvalue weighted by molar-refractivity contribution is 5.88. The molecule has 1 aromatic heterocycles. The highest BCUT2D eigenvalue weighted by atomic mass is 16.5. The molecule has 1 aliphatic heterocycles. The molecule has 0 spiro atoms. The quantitative estimate of drug-likeness (QED) is 0.320. The van der Waals surface area contributed by atoms with E-state index in [1.54, 1.807) is 0 Å². The van der Waals surface area contributed by atoms with Gasteiger partial charge in [-0.05, 0) is 70.2 Å². The molecule has 5 rings (SSSR count). The number of aryl methyl sites for hydroxylation is 1. The third-order valence-corrected chi connectivity index (χ3v) is 7.58. The summed E-state index contributed by atoms with van der Waals surface area (Å²) in [6, 6.07) is 12.7. The maximum absolute atomic E-state index is 11.8. The minimum absolute atomic E-state index is 0.190. The molecule has 3 heteroatoms. The van der Waals surface area contributed by atoms with Crippen LogP contribution in [0.1, 0.15) is 76.8 Å². The molecule has 0 fully saturated rings. The van der Waals surface area contributed by atoms with E-state index in [4.69, 9.17) is 4.74 Å². The van der Waals surface area contributed by atoms with E-state index in [1.165, 1.54) is 29.4 Å². The summed E-state index contributed by atoms with van der Waals surface area (Å²) >= 11 is 0. The molecular weight excluding hydrogens is 394 g/mol. The molecule has 1 aliphatic carbocycles.